The fourth-order valence-electron chi connectivity index (χ4n) is 3.31. The van der Waals surface area contributed by atoms with E-state index in [1.165, 1.54) is 30.5 Å². The first-order valence-electron chi connectivity index (χ1n) is 7.71. The quantitative estimate of drug-likeness (QED) is 0.897. The molecular weight excluding hydrogens is 232 g/mol. The number of likely N-dealkylation sites (tertiary alicyclic amines) is 1. The second-order valence-corrected chi connectivity index (χ2v) is 6.03. The van der Waals surface area contributed by atoms with E-state index >= 15 is 0 Å². The summed E-state index contributed by atoms with van der Waals surface area (Å²) in [5.41, 5.74) is 8.87. The summed E-state index contributed by atoms with van der Waals surface area (Å²) in [5.74, 6) is 1.21. The number of hydrogen-bond donors (Lipinski definition) is 1. The lowest BCUT2D eigenvalue weighted by Gasteiger charge is -2.41. The van der Waals surface area contributed by atoms with Gasteiger partial charge >= 0.3 is 0 Å². The van der Waals surface area contributed by atoms with Crippen molar-refractivity contribution in [3.8, 4) is 0 Å². The molecule has 19 heavy (non-hydrogen) atoms. The second-order valence-electron chi connectivity index (χ2n) is 6.03. The van der Waals surface area contributed by atoms with E-state index in [1.54, 1.807) is 0 Å². The highest BCUT2D eigenvalue weighted by Gasteiger charge is 2.30. The summed E-state index contributed by atoms with van der Waals surface area (Å²) in [5, 5.41) is 0. The molecule has 0 radical (unpaired) electrons. The monoisotopic (exact) mass is 260 g/mol. The largest absolute Gasteiger partial charge is 0.330 e. The molecule has 2 rings (SSSR count). The van der Waals surface area contributed by atoms with E-state index in [0.717, 1.165) is 13.1 Å². The zero-order valence-corrected chi connectivity index (χ0v) is 12.6. The zero-order chi connectivity index (χ0) is 13.8. The van der Waals surface area contributed by atoms with Crippen LogP contribution in [0.2, 0.25) is 0 Å². The Balaban J connectivity index is 2.24. The lowest BCUT2D eigenvalue weighted by Crippen LogP contribution is -2.41. The summed E-state index contributed by atoms with van der Waals surface area (Å²) in [6.07, 6.45) is 2.56. The molecule has 0 spiro atoms. The molecule has 0 saturated carbocycles. The van der Waals surface area contributed by atoms with Crippen molar-refractivity contribution in [1.29, 1.82) is 0 Å². The van der Waals surface area contributed by atoms with E-state index in [-0.39, 0.29) is 0 Å². The molecule has 0 amide bonds. The van der Waals surface area contributed by atoms with Gasteiger partial charge in [-0.25, -0.2) is 0 Å². The Bertz CT molecular complexity index is 371. The maximum absolute atomic E-state index is 6.00. The lowest BCUT2D eigenvalue weighted by atomic mass is 9.84. The molecule has 1 heterocycles. The fourth-order valence-corrected chi connectivity index (χ4v) is 3.31. The third kappa shape index (κ3) is 3.18. The Morgan fingerprint density at radius 2 is 1.95 bits per heavy atom. The molecule has 1 aromatic rings. The van der Waals surface area contributed by atoms with Gasteiger partial charge in [0.25, 0.3) is 0 Å². The lowest BCUT2D eigenvalue weighted by molar-refractivity contribution is 0.102. The molecule has 1 aliphatic heterocycles. The van der Waals surface area contributed by atoms with Crippen LogP contribution in [0.3, 0.4) is 0 Å². The van der Waals surface area contributed by atoms with Gasteiger partial charge in [0.15, 0.2) is 0 Å². The number of piperidine rings is 1. The van der Waals surface area contributed by atoms with E-state index < -0.39 is 0 Å². The third-order valence-electron chi connectivity index (χ3n) is 4.51. The molecule has 2 unspecified atom stereocenters. The molecule has 0 bridgehead atoms. The molecule has 2 N–H and O–H groups in total. The van der Waals surface area contributed by atoms with E-state index in [1.807, 2.05) is 0 Å². The maximum atomic E-state index is 6.00. The number of hydrogen-bond acceptors (Lipinski definition) is 2. The molecule has 1 saturated heterocycles. The van der Waals surface area contributed by atoms with Crippen LogP contribution in [0.25, 0.3) is 0 Å². The van der Waals surface area contributed by atoms with Crippen LogP contribution >= 0.6 is 0 Å². The van der Waals surface area contributed by atoms with Crippen LogP contribution in [0.4, 0.5) is 0 Å². The van der Waals surface area contributed by atoms with Crippen LogP contribution < -0.4 is 5.73 Å². The molecule has 1 aromatic carbocycles. The van der Waals surface area contributed by atoms with Gasteiger partial charge in [0.05, 0.1) is 0 Å². The zero-order valence-electron chi connectivity index (χ0n) is 12.6. The molecule has 2 atom stereocenters. The summed E-state index contributed by atoms with van der Waals surface area (Å²) >= 11 is 0. The Hall–Kier alpha value is -0.860. The standard InChI is InChI=1S/C17H28N2/c1-4-19-11-5-6-16(12-18)17(19)15-9-7-14(8-10-15)13(2)3/h7-10,13,16-17H,4-6,11-12,18H2,1-3H3. The van der Waals surface area contributed by atoms with Crippen molar-refractivity contribution in [3.05, 3.63) is 35.4 Å². The van der Waals surface area contributed by atoms with Gasteiger partial charge < -0.3 is 5.73 Å². The SMILES string of the molecule is CCN1CCCC(CN)C1c1ccc(C(C)C)cc1. The number of benzene rings is 1. The minimum absolute atomic E-state index is 0.518. The van der Waals surface area contributed by atoms with E-state index in [0.29, 0.717) is 17.9 Å². The van der Waals surface area contributed by atoms with Crippen LogP contribution in [0.15, 0.2) is 24.3 Å². The average Bonchev–Trinajstić information content (AvgIpc) is 2.46. The van der Waals surface area contributed by atoms with Crippen LogP contribution in [-0.4, -0.2) is 24.5 Å². The predicted molar refractivity (Wildman–Crippen MR) is 82.3 cm³/mol. The van der Waals surface area contributed by atoms with Gasteiger partial charge in [-0.1, -0.05) is 45.0 Å². The van der Waals surface area contributed by atoms with Gasteiger partial charge in [-0.15, -0.1) is 0 Å². The fraction of sp³-hybridized carbons (Fsp3) is 0.647. The Kier molecular flexibility index (Phi) is 5.00. The molecule has 1 aliphatic rings. The highest BCUT2D eigenvalue weighted by molar-refractivity contribution is 5.27. The summed E-state index contributed by atoms with van der Waals surface area (Å²) in [6, 6.07) is 9.73. The minimum atomic E-state index is 0.518. The summed E-state index contributed by atoms with van der Waals surface area (Å²) < 4.78 is 0. The van der Waals surface area contributed by atoms with Gasteiger partial charge in [-0.3, -0.25) is 4.90 Å². The Morgan fingerprint density at radius 3 is 2.47 bits per heavy atom. The molecule has 2 heteroatoms. The van der Waals surface area contributed by atoms with Crippen molar-refractivity contribution >= 4 is 0 Å². The second kappa shape index (κ2) is 6.53. The molecule has 0 aliphatic carbocycles. The first-order chi connectivity index (χ1) is 9.17. The van der Waals surface area contributed by atoms with Gasteiger partial charge in [0.2, 0.25) is 0 Å². The summed E-state index contributed by atoms with van der Waals surface area (Å²) in [7, 11) is 0. The van der Waals surface area contributed by atoms with E-state index in [4.69, 9.17) is 5.73 Å². The van der Waals surface area contributed by atoms with Crippen LogP contribution in [0.5, 0.6) is 0 Å². The highest BCUT2D eigenvalue weighted by atomic mass is 15.2. The first kappa shape index (κ1) is 14.5. The Labute approximate surface area is 118 Å². The minimum Gasteiger partial charge on any atom is -0.330 e. The van der Waals surface area contributed by atoms with Crippen LogP contribution in [0, 0.1) is 5.92 Å². The number of nitrogens with zero attached hydrogens (tertiary/aromatic N) is 1. The molecule has 0 aromatic heterocycles. The van der Waals surface area contributed by atoms with Crippen molar-refractivity contribution in [2.75, 3.05) is 19.6 Å². The topological polar surface area (TPSA) is 29.3 Å². The molecular formula is C17H28N2. The van der Waals surface area contributed by atoms with Gasteiger partial charge in [-0.05, 0) is 55.4 Å². The van der Waals surface area contributed by atoms with Gasteiger partial charge in [0.1, 0.15) is 0 Å². The number of rotatable bonds is 4. The first-order valence-corrected chi connectivity index (χ1v) is 7.71. The van der Waals surface area contributed by atoms with Crippen molar-refractivity contribution in [2.24, 2.45) is 11.7 Å². The third-order valence-corrected chi connectivity index (χ3v) is 4.51. The van der Waals surface area contributed by atoms with Crippen molar-refractivity contribution in [3.63, 3.8) is 0 Å². The van der Waals surface area contributed by atoms with Crippen LogP contribution in [-0.2, 0) is 0 Å². The molecule has 106 valence electrons. The average molecular weight is 260 g/mol. The Morgan fingerprint density at radius 1 is 1.26 bits per heavy atom. The van der Waals surface area contributed by atoms with Gasteiger partial charge in [0, 0.05) is 6.04 Å². The van der Waals surface area contributed by atoms with Crippen molar-refractivity contribution in [2.45, 2.75) is 45.6 Å². The summed E-state index contributed by atoms with van der Waals surface area (Å²) in [6.45, 7) is 9.88. The van der Waals surface area contributed by atoms with Crippen molar-refractivity contribution in [1.82, 2.24) is 4.90 Å². The van der Waals surface area contributed by atoms with Crippen molar-refractivity contribution < 1.29 is 0 Å². The van der Waals surface area contributed by atoms with E-state index in [9.17, 15) is 0 Å². The smallest absolute Gasteiger partial charge is 0.0388 e. The number of nitrogens with two attached hydrogens (primary N) is 1. The normalized spacial score (nSPS) is 24.9. The van der Waals surface area contributed by atoms with Crippen LogP contribution in [0.1, 0.15) is 56.7 Å². The molecule has 2 nitrogen and oxygen atoms in total. The summed E-state index contributed by atoms with van der Waals surface area (Å²) in [4.78, 5) is 2.59. The molecule has 1 fully saturated rings. The van der Waals surface area contributed by atoms with E-state index in [2.05, 4.69) is 49.9 Å². The predicted octanol–water partition coefficient (Wildman–Crippen LogP) is 3.54. The van der Waals surface area contributed by atoms with Gasteiger partial charge in [-0.2, -0.15) is 0 Å². The maximum Gasteiger partial charge on any atom is 0.0388 e. The highest BCUT2D eigenvalue weighted by Crippen LogP contribution is 2.35.